The molecule has 1 aliphatic heterocycles. The molecule has 1 fully saturated rings. The minimum Gasteiger partial charge on any atom is -0.397 e. The summed E-state index contributed by atoms with van der Waals surface area (Å²) >= 11 is 5.68. The lowest BCUT2D eigenvalue weighted by Crippen LogP contribution is -2.39. The lowest BCUT2D eigenvalue weighted by molar-refractivity contribution is -0.125. The summed E-state index contributed by atoms with van der Waals surface area (Å²) in [5.74, 6) is -0.381. The van der Waals surface area contributed by atoms with Crippen LogP contribution in [0.2, 0.25) is 5.02 Å². The Labute approximate surface area is 116 Å². The first-order valence-corrected chi connectivity index (χ1v) is 6.61. The van der Waals surface area contributed by atoms with Crippen molar-refractivity contribution in [2.45, 2.75) is 12.8 Å². The number of rotatable bonds is 2. The number of anilines is 2. The molecule has 1 amide bonds. The van der Waals surface area contributed by atoms with E-state index >= 15 is 0 Å². The topological polar surface area (TPSA) is 58.4 Å². The molecular weight excluding hydrogens is 269 g/mol. The third kappa shape index (κ3) is 2.92. The molecule has 19 heavy (non-hydrogen) atoms. The van der Waals surface area contributed by atoms with Crippen LogP contribution >= 0.6 is 11.6 Å². The molecular formula is C13H17ClFN3O. The molecule has 0 radical (unpaired) electrons. The number of benzene rings is 1. The number of nitrogen functional groups attached to an aromatic ring is 1. The second-order valence-electron chi connectivity index (χ2n) is 4.70. The molecule has 0 aromatic heterocycles. The highest BCUT2D eigenvalue weighted by molar-refractivity contribution is 6.31. The highest BCUT2D eigenvalue weighted by Gasteiger charge is 2.25. The summed E-state index contributed by atoms with van der Waals surface area (Å²) in [4.78, 5) is 13.5. The molecule has 0 bridgehead atoms. The van der Waals surface area contributed by atoms with Crippen molar-refractivity contribution < 1.29 is 9.18 Å². The zero-order chi connectivity index (χ0) is 14.0. The standard InChI is InChI=1S/C13H17ClFN3O/c1-17-13(19)8-2-4-18(5-3-8)12-7-10(15)9(14)6-11(12)16/h6-8H,2-5,16H2,1H3,(H,17,19). The van der Waals surface area contributed by atoms with Crippen LogP contribution in [0.3, 0.4) is 0 Å². The van der Waals surface area contributed by atoms with Crippen molar-refractivity contribution in [3.05, 3.63) is 23.0 Å². The molecule has 0 saturated carbocycles. The maximum absolute atomic E-state index is 13.5. The molecule has 0 spiro atoms. The van der Waals surface area contributed by atoms with E-state index in [2.05, 4.69) is 5.32 Å². The molecule has 1 aromatic rings. The predicted octanol–water partition coefficient (Wildman–Crippen LogP) is 2.02. The van der Waals surface area contributed by atoms with Crippen LogP contribution in [-0.4, -0.2) is 26.0 Å². The lowest BCUT2D eigenvalue weighted by atomic mass is 9.95. The van der Waals surface area contributed by atoms with E-state index in [4.69, 9.17) is 17.3 Å². The van der Waals surface area contributed by atoms with Gasteiger partial charge in [-0.1, -0.05) is 11.6 Å². The Kier molecular flexibility index (Phi) is 4.14. The quantitative estimate of drug-likeness (QED) is 0.818. The normalized spacial score (nSPS) is 16.5. The first kappa shape index (κ1) is 13.9. The number of hydrogen-bond donors (Lipinski definition) is 2. The van der Waals surface area contributed by atoms with Gasteiger partial charge in [0.05, 0.1) is 16.4 Å². The van der Waals surface area contributed by atoms with Crippen molar-refractivity contribution in [3.8, 4) is 0 Å². The van der Waals surface area contributed by atoms with E-state index in [0.717, 1.165) is 12.8 Å². The molecule has 4 nitrogen and oxygen atoms in total. The van der Waals surface area contributed by atoms with Gasteiger partial charge in [-0.2, -0.15) is 0 Å². The Balaban J connectivity index is 2.10. The van der Waals surface area contributed by atoms with Gasteiger partial charge in [-0.05, 0) is 18.9 Å². The zero-order valence-electron chi connectivity index (χ0n) is 10.7. The smallest absolute Gasteiger partial charge is 0.222 e. The van der Waals surface area contributed by atoms with E-state index in [1.165, 1.54) is 12.1 Å². The Hall–Kier alpha value is -1.49. The third-order valence-electron chi connectivity index (χ3n) is 3.52. The molecule has 104 valence electrons. The average molecular weight is 286 g/mol. The first-order valence-electron chi connectivity index (χ1n) is 6.24. The molecule has 0 unspecified atom stereocenters. The van der Waals surface area contributed by atoms with E-state index < -0.39 is 5.82 Å². The van der Waals surface area contributed by atoms with Gasteiger partial charge < -0.3 is 16.0 Å². The van der Waals surface area contributed by atoms with Crippen molar-refractivity contribution in [3.63, 3.8) is 0 Å². The SMILES string of the molecule is CNC(=O)C1CCN(c2cc(F)c(Cl)cc2N)CC1. The third-order valence-corrected chi connectivity index (χ3v) is 3.81. The molecule has 0 atom stereocenters. The fourth-order valence-corrected chi connectivity index (χ4v) is 2.58. The van der Waals surface area contributed by atoms with Crippen molar-refractivity contribution in [1.29, 1.82) is 0 Å². The van der Waals surface area contributed by atoms with Gasteiger partial charge in [0.2, 0.25) is 5.91 Å². The Morgan fingerprint density at radius 3 is 2.68 bits per heavy atom. The van der Waals surface area contributed by atoms with Gasteiger partial charge >= 0.3 is 0 Å². The molecule has 1 aromatic carbocycles. The van der Waals surface area contributed by atoms with Crippen LogP contribution < -0.4 is 16.0 Å². The van der Waals surface area contributed by atoms with Gasteiger partial charge in [0.25, 0.3) is 0 Å². The van der Waals surface area contributed by atoms with Crippen molar-refractivity contribution in [1.82, 2.24) is 5.32 Å². The molecule has 3 N–H and O–H groups in total. The monoisotopic (exact) mass is 285 g/mol. The number of carbonyl (C=O) groups is 1. The van der Waals surface area contributed by atoms with Crippen LogP contribution in [0.4, 0.5) is 15.8 Å². The summed E-state index contributed by atoms with van der Waals surface area (Å²) in [6.07, 6.45) is 1.48. The predicted molar refractivity (Wildman–Crippen MR) is 74.8 cm³/mol. The van der Waals surface area contributed by atoms with Crippen LogP contribution in [0.5, 0.6) is 0 Å². The summed E-state index contributed by atoms with van der Waals surface area (Å²) in [6, 6.07) is 2.79. The number of halogens is 2. The van der Waals surface area contributed by atoms with Crippen molar-refractivity contribution in [2.24, 2.45) is 5.92 Å². The largest absolute Gasteiger partial charge is 0.397 e. The van der Waals surface area contributed by atoms with Gasteiger partial charge in [-0.3, -0.25) is 4.79 Å². The van der Waals surface area contributed by atoms with E-state index in [1.54, 1.807) is 7.05 Å². The van der Waals surface area contributed by atoms with Gasteiger partial charge in [0, 0.05) is 32.1 Å². The molecule has 0 aliphatic carbocycles. The number of nitrogens with two attached hydrogens (primary N) is 1. The zero-order valence-corrected chi connectivity index (χ0v) is 11.5. The molecule has 1 saturated heterocycles. The summed E-state index contributed by atoms with van der Waals surface area (Å²) in [7, 11) is 1.64. The van der Waals surface area contributed by atoms with Gasteiger partial charge in [0.1, 0.15) is 5.82 Å². The van der Waals surface area contributed by atoms with Crippen molar-refractivity contribution >= 4 is 28.9 Å². The molecule has 6 heteroatoms. The lowest BCUT2D eigenvalue weighted by Gasteiger charge is -2.33. The maximum Gasteiger partial charge on any atom is 0.222 e. The highest BCUT2D eigenvalue weighted by Crippen LogP contribution is 2.32. The summed E-state index contributed by atoms with van der Waals surface area (Å²) < 4.78 is 13.5. The van der Waals surface area contributed by atoms with Gasteiger partial charge in [-0.25, -0.2) is 4.39 Å². The molecule has 1 heterocycles. The Morgan fingerprint density at radius 1 is 1.47 bits per heavy atom. The Bertz CT molecular complexity index is 487. The van der Waals surface area contributed by atoms with Crippen LogP contribution in [0.15, 0.2) is 12.1 Å². The molecule has 1 aliphatic rings. The number of amides is 1. The minimum absolute atomic E-state index is 0.0274. The van der Waals surface area contributed by atoms with E-state index in [0.29, 0.717) is 24.5 Å². The fourth-order valence-electron chi connectivity index (χ4n) is 2.41. The number of piperidine rings is 1. The minimum atomic E-state index is -0.473. The van der Waals surface area contributed by atoms with E-state index in [-0.39, 0.29) is 16.8 Å². The number of carbonyl (C=O) groups excluding carboxylic acids is 1. The number of nitrogens with zero attached hydrogens (tertiary/aromatic N) is 1. The summed E-state index contributed by atoms with van der Waals surface area (Å²) in [6.45, 7) is 1.37. The fraction of sp³-hybridized carbons (Fsp3) is 0.462. The summed E-state index contributed by atoms with van der Waals surface area (Å²) in [5, 5.41) is 2.69. The van der Waals surface area contributed by atoms with Gasteiger partial charge in [0.15, 0.2) is 0 Å². The molecule has 2 rings (SSSR count). The first-order chi connectivity index (χ1) is 9.02. The maximum atomic E-state index is 13.5. The highest BCUT2D eigenvalue weighted by atomic mass is 35.5. The van der Waals surface area contributed by atoms with Gasteiger partial charge in [-0.15, -0.1) is 0 Å². The van der Waals surface area contributed by atoms with Crippen molar-refractivity contribution in [2.75, 3.05) is 30.8 Å². The second-order valence-corrected chi connectivity index (χ2v) is 5.11. The van der Waals surface area contributed by atoms with Crippen LogP contribution in [0.25, 0.3) is 0 Å². The van der Waals surface area contributed by atoms with Crippen LogP contribution in [0, 0.1) is 11.7 Å². The Morgan fingerprint density at radius 2 is 2.11 bits per heavy atom. The van der Waals surface area contributed by atoms with Crippen LogP contribution in [0.1, 0.15) is 12.8 Å². The number of nitrogens with one attached hydrogen (secondary N) is 1. The number of hydrogen-bond acceptors (Lipinski definition) is 3. The average Bonchev–Trinajstić information content (AvgIpc) is 2.42. The second kappa shape index (κ2) is 5.65. The summed E-state index contributed by atoms with van der Waals surface area (Å²) in [5.41, 5.74) is 6.98. The van der Waals surface area contributed by atoms with E-state index in [9.17, 15) is 9.18 Å². The van der Waals surface area contributed by atoms with Crippen LogP contribution in [-0.2, 0) is 4.79 Å². The van der Waals surface area contributed by atoms with E-state index in [1.807, 2.05) is 4.90 Å².